The van der Waals surface area contributed by atoms with E-state index in [1.807, 2.05) is 24.3 Å². The number of ether oxygens (including phenoxy) is 1. The van der Waals surface area contributed by atoms with Crippen molar-refractivity contribution in [3.8, 4) is 5.75 Å². The molecule has 1 unspecified atom stereocenters. The summed E-state index contributed by atoms with van der Waals surface area (Å²) >= 11 is 3.48. The van der Waals surface area contributed by atoms with Crippen molar-refractivity contribution in [2.75, 3.05) is 13.1 Å². The van der Waals surface area contributed by atoms with Crippen molar-refractivity contribution in [1.82, 2.24) is 5.32 Å². The number of hydrogen-bond donors (Lipinski definition) is 1. The molecule has 0 bridgehead atoms. The van der Waals surface area contributed by atoms with Crippen molar-refractivity contribution < 1.29 is 4.74 Å². The molecule has 1 aromatic carbocycles. The molecule has 3 heteroatoms. The van der Waals surface area contributed by atoms with Crippen LogP contribution in [0.4, 0.5) is 0 Å². The molecule has 0 saturated carbocycles. The molecule has 76 valence electrons. The minimum Gasteiger partial charge on any atom is -0.485 e. The highest BCUT2D eigenvalue weighted by Crippen LogP contribution is 2.29. The number of halogens is 1. The maximum absolute atomic E-state index is 5.98. The van der Waals surface area contributed by atoms with Gasteiger partial charge >= 0.3 is 0 Å². The summed E-state index contributed by atoms with van der Waals surface area (Å²) in [4.78, 5) is 0. The molecule has 1 aliphatic heterocycles. The quantitative estimate of drug-likeness (QED) is 0.878. The second-order valence-corrected chi connectivity index (χ2v) is 4.76. The van der Waals surface area contributed by atoms with Gasteiger partial charge in [0.2, 0.25) is 0 Å². The van der Waals surface area contributed by atoms with E-state index < -0.39 is 0 Å². The zero-order valence-electron chi connectivity index (χ0n) is 8.22. The average molecular weight is 256 g/mol. The molecule has 14 heavy (non-hydrogen) atoms. The molecular weight excluding hydrogens is 242 g/mol. The fourth-order valence-corrected chi connectivity index (χ4v) is 2.04. The lowest BCUT2D eigenvalue weighted by Crippen LogP contribution is -2.34. The molecule has 1 fully saturated rings. The average Bonchev–Trinajstić information content (AvgIpc) is 2.57. The lowest BCUT2D eigenvalue weighted by Gasteiger charge is -2.25. The molecule has 1 aromatic rings. The van der Waals surface area contributed by atoms with Gasteiger partial charge in [-0.2, -0.15) is 0 Å². The summed E-state index contributed by atoms with van der Waals surface area (Å²) in [7, 11) is 0. The monoisotopic (exact) mass is 255 g/mol. The van der Waals surface area contributed by atoms with E-state index in [1.165, 1.54) is 0 Å². The van der Waals surface area contributed by atoms with Gasteiger partial charge in [0.1, 0.15) is 11.4 Å². The van der Waals surface area contributed by atoms with Crippen LogP contribution in [-0.4, -0.2) is 18.7 Å². The lowest BCUT2D eigenvalue weighted by atomic mass is 10.1. The third-order valence-corrected chi connectivity index (χ3v) is 3.18. The van der Waals surface area contributed by atoms with E-state index in [-0.39, 0.29) is 5.60 Å². The molecule has 1 saturated heterocycles. The van der Waals surface area contributed by atoms with Crippen LogP contribution in [0.1, 0.15) is 13.3 Å². The van der Waals surface area contributed by atoms with Gasteiger partial charge in [-0.25, -0.2) is 0 Å². The molecule has 1 aliphatic rings. The predicted octanol–water partition coefficient (Wildman–Crippen LogP) is 2.58. The van der Waals surface area contributed by atoms with E-state index in [0.717, 1.165) is 29.7 Å². The first-order valence-corrected chi connectivity index (χ1v) is 5.63. The van der Waals surface area contributed by atoms with E-state index in [4.69, 9.17) is 4.74 Å². The predicted molar refractivity (Wildman–Crippen MR) is 60.7 cm³/mol. The highest BCUT2D eigenvalue weighted by Gasteiger charge is 2.30. The van der Waals surface area contributed by atoms with Gasteiger partial charge in [0.25, 0.3) is 0 Å². The highest BCUT2D eigenvalue weighted by molar-refractivity contribution is 9.10. The summed E-state index contributed by atoms with van der Waals surface area (Å²) < 4.78 is 7.01. The van der Waals surface area contributed by atoms with Crippen LogP contribution >= 0.6 is 15.9 Å². The number of para-hydroxylation sites is 1. The maximum Gasteiger partial charge on any atom is 0.134 e. The molecule has 0 aliphatic carbocycles. The Morgan fingerprint density at radius 3 is 2.86 bits per heavy atom. The van der Waals surface area contributed by atoms with E-state index >= 15 is 0 Å². The van der Waals surface area contributed by atoms with Gasteiger partial charge in [-0.3, -0.25) is 0 Å². The van der Waals surface area contributed by atoms with Crippen LogP contribution in [0.15, 0.2) is 28.7 Å². The summed E-state index contributed by atoms with van der Waals surface area (Å²) in [5, 5.41) is 3.31. The standard InChI is InChI=1S/C11H14BrNO/c1-11(6-7-13-8-11)14-10-5-3-2-4-9(10)12/h2-5,13H,6-8H2,1H3. The minimum absolute atomic E-state index is 0.0517. The largest absolute Gasteiger partial charge is 0.485 e. The van der Waals surface area contributed by atoms with E-state index in [2.05, 4.69) is 28.2 Å². The molecule has 0 amide bonds. The van der Waals surface area contributed by atoms with Crippen molar-refractivity contribution in [2.24, 2.45) is 0 Å². The van der Waals surface area contributed by atoms with Crippen LogP contribution in [0.5, 0.6) is 5.75 Å². The molecule has 1 N–H and O–H groups in total. The molecule has 2 nitrogen and oxygen atoms in total. The molecular formula is C11H14BrNO. The van der Waals surface area contributed by atoms with Gasteiger partial charge in [-0.15, -0.1) is 0 Å². The topological polar surface area (TPSA) is 21.3 Å². The normalized spacial score (nSPS) is 26.4. The molecule has 0 aromatic heterocycles. The summed E-state index contributed by atoms with van der Waals surface area (Å²) in [6.45, 7) is 4.11. The number of rotatable bonds is 2. The summed E-state index contributed by atoms with van der Waals surface area (Å²) in [6.07, 6.45) is 1.06. The lowest BCUT2D eigenvalue weighted by molar-refractivity contribution is 0.110. The maximum atomic E-state index is 5.98. The summed E-state index contributed by atoms with van der Waals surface area (Å²) in [6, 6.07) is 7.98. The van der Waals surface area contributed by atoms with Gasteiger partial charge in [-0.1, -0.05) is 12.1 Å². The first kappa shape index (κ1) is 9.99. The Morgan fingerprint density at radius 1 is 1.43 bits per heavy atom. The van der Waals surface area contributed by atoms with Crippen molar-refractivity contribution >= 4 is 15.9 Å². The van der Waals surface area contributed by atoms with Crippen molar-refractivity contribution in [3.63, 3.8) is 0 Å². The van der Waals surface area contributed by atoms with Gasteiger partial charge in [0.05, 0.1) is 4.47 Å². The fraction of sp³-hybridized carbons (Fsp3) is 0.455. The third kappa shape index (κ3) is 2.10. The smallest absolute Gasteiger partial charge is 0.134 e. The van der Waals surface area contributed by atoms with Gasteiger partial charge in [0.15, 0.2) is 0 Å². The van der Waals surface area contributed by atoms with Gasteiger partial charge in [-0.05, 0) is 41.5 Å². The number of benzene rings is 1. The van der Waals surface area contributed by atoms with Crippen molar-refractivity contribution in [1.29, 1.82) is 0 Å². The molecule has 1 heterocycles. The SMILES string of the molecule is CC1(Oc2ccccc2Br)CCNC1. The Morgan fingerprint density at radius 2 is 2.21 bits per heavy atom. The fourth-order valence-electron chi connectivity index (χ4n) is 1.67. The van der Waals surface area contributed by atoms with Crippen molar-refractivity contribution in [2.45, 2.75) is 18.9 Å². The molecule has 1 atom stereocenters. The molecule has 2 rings (SSSR count). The van der Waals surface area contributed by atoms with Gasteiger partial charge in [0, 0.05) is 13.0 Å². The highest BCUT2D eigenvalue weighted by atomic mass is 79.9. The van der Waals surface area contributed by atoms with Crippen LogP contribution in [0.25, 0.3) is 0 Å². The number of hydrogen-bond acceptors (Lipinski definition) is 2. The van der Waals surface area contributed by atoms with E-state index in [1.54, 1.807) is 0 Å². The van der Waals surface area contributed by atoms with E-state index in [0.29, 0.717) is 0 Å². The van der Waals surface area contributed by atoms with Crippen LogP contribution in [0.3, 0.4) is 0 Å². The molecule has 0 radical (unpaired) electrons. The Bertz CT molecular complexity index is 321. The Labute approximate surface area is 92.8 Å². The van der Waals surface area contributed by atoms with Crippen LogP contribution in [0, 0.1) is 0 Å². The van der Waals surface area contributed by atoms with Crippen LogP contribution in [-0.2, 0) is 0 Å². The zero-order chi connectivity index (χ0) is 10.0. The number of nitrogens with one attached hydrogen (secondary N) is 1. The Balaban J connectivity index is 2.14. The van der Waals surface area contributed by atoms with Crippen LogP contribution < -0.4 is 10.1 Å². The van der Waals surface area contributed by atoms with Crippen LogP contribution in [0.2, 0.25) is 0 Å². The Kier molecular flexibility index (Phi) is 2.79. The summed E-state index contributed by atoms with van der Waals surface area (Å²) in [5.74, 6) is 0.929. The second-order valence-electron chi connectivity index (χ2n) is 3.91. The van der Waals surface area contributed by atoms with E-state index in [9.17, 15) is 0 Å². The summed E-state index contributed by atoms with van der Waals surface area (Å²) in [5.41, 5.74) is -0.0517. The zero-order valence-corrected chi connectivity index (χ0v) is 9.80. The minimum atomic E-state index is -0.0517. The Hall–Kier alpha value is -0.540. The second kappa shape index (κ2) is 3.91. The third-order valence-electron chi connectivity index (χ3n) is 2.52. The van der Waals surface area contributed by atoms with Crippen molar-refractivity contribution in [3.05, 3.63) is 28.7 Å². The first-order valence-electron chi connectivity index (χ1n) is 4.84. The van der Waals surface area contributed by atoms with Gasteiger partial charge < -0.3 is 10.1 Å². The first-order chi connectivity index (χ1) is 6.70. The molecule has 0 spiro atoms.